The lowest BCUT2D eigenvalue weighted by Crippen LogP contribution is -2.45. The van der Waals surface area contributed by atoms with Crippen molar-refractivity contribution in [2.24, 2.45) is 5.41 Å². The van der Waals surface area contributed by atoms with Gasteiger partial charge in [0, 0.05) is 7.05 Å². The van der Waals surface area contributed by atoms with E-state index in [4.69, 9.17) is 5.11 Å². The van der Waals surface area contributed by atoms with Crippen LogP contribution in [0.4, 0.5) is 4.79 Å². The third-order valence-electron chi connectivity index (χ3n) is 3.36. The van der Waals surface area contributed by atoms with Gasteiger partial charge in [0.1, 0.15) is 5.25 Å². The highest BCUT2D eigenvalue weighted by Gasteiger charge is 2.49. The van der Waals surface area contributed by atoms with Gasteiger partial charge in [-0.1, -0.05) is 0 Å². The zero-order chi connectivity index (χ0) is 15.6. The SMILES string of the molecule is CNC(=O)NC(=O)C(C)S(=O)(=O)CC1(CC(=O)O)CC1. The first-order valence-corrected chi connectivity index (χ1v) is 7.79. The summed E-state index contributed by atoms with van der Waals surface area (Å²) in [5.74, 6) is -2.33. The Bertz CT molecular complexity index is 523. The normalized spacial score (nSPS) is 17.9. The molecule has 9 heteroatoms. The molecule has 0 bridgehead atoms. The number of hydrogen-bond donors (Lipinski definition) is 3. The van der Waals surface area contributed by atoms with E-state index in [1.54, 1.807) is 0 Å². The number of aliphatic carboxylic acids is 1. The monoisotopic (exact) mass is 306 g/mol. The molecule has 0 aromatic heterocycles. The molecule has 1 fully saturated rings. The Hall–Kier alpha value is -1.64. The maximum atomic E-state index is 12.1. The van der Waals surface area contributed by atoms with E-state index in [0.717, 1.165) is 0 Å². The minimum absolute atomic E-state index is 0.226. The molecule has 0 aromatic rings. The van der Waals surface area contributed by atoms with Crippen LogP contribution in [0.1, 0.15) is 26.2 Å². The predicted molar refractivity (Wildman–Crippen MR) is 69.8 cm³/mol. The molecule has 8 nitrogen and oxygen atoms in total. The Morgan fingerprint density at radius 1 is 1.30 bits per heavy atom. The number of carboxylic acids is 1. The molecule has 0 aromatic carbocycles. The first-order chi connectivity index (χ1) is 9.12. The van der Waals surface area contributed by atoms with Crippen LogP contribution in [0.3, 0.4) is 0 Å². The van der Waals surface area contributed by atoms with E-state index >= 15 is 0 Å². The van der Waals surface area contributed by atoms with Crippen molar-refractivity contribution in [2.45, 2.75) is 31.4 Å². The van der Waals surface area contributed by atoms with Gasteiger partial charge in [-0.15, -0.1) is 0 Å². The van der Waals surface area contributed by atoms with Crippen LogP contribution in [0.15, 0.2) is 0 Å². The fraction of sp³-hybridized carbons (Fsp3) is 0.727. The van der Waals surface area contributed by atoms with E-state index in [1.807, 2.05) is 5.32 Å². The lowest BCUT2D eigenvalue weighted by molar-refractivity contribution is -0.138. The van der Waals surface area contributed by atoms with Crippen molar-refractivity contribution in [3.8, 4) is 0 Å². The van der Waals surface area contributed by atoms with Gasteiger partial charge in [-0.2, -0.15) is 0 Å². The number of sulfone groups is 1. The second-order valence-corrected chi connectivity index (χ2v) is 7.41. The summed E-state index contributed by atoms with van der Waals surface area (Å²) in [6, 6.07) is -0.788. The molecule has 0 aliphatic heterocycles. The van der Waals surface area contributed by atoms with Crippen molar-refractivity contribution in [1.82, 2.24) is 10.6 Å². The molecule has 1 saturated carbocycles. The predicted octanol–water partition coefficient (Wildman–Crippen LogP) is -0.500. The Kier molecular flexibility index (Phi) is 4.74. The van der Waals surface area contributed by atoms with Gasteiger partial charge in [-0.05, 0) is 25.2 Å². The van der Waals surface area contributed by atoms with Gasteiger partial charge in [0.25, 0.3) is 0 Å². The van der Waals surface area contributed by atoms with Crippen LogP contribution in [0.5, 0.6) is 0 Å². The van der Waals surface area contributed by atoms with Gasteiger partial charge in [0.2, 0.25) is 5.91 Å². The average molecular weight is 306 g/mol. The van der Waals surface area contributed by atoms with Crippen molar-refractivity contribution in [1.29, 1.82) is 0 Å². The molecule has 0 saturated heterocycles. The fourth-order valence-electron chi connectivity index (χ4n) is 1.86. The van der Waals surface area contributed by atoms with Gasteiger partial charge in [0.05, 0.1) is 12.2 Å². The van der Waals surface area contributed by atoms with E-state index in [1.165, 1.54) is 14.0 Å². The van der Waals surface area contributed by atoms with Crippen LogP contribution in [0.2, 0.25) is 0 Å². The highest BCUT2D eigenvalue weighted by atomic mass is 32.2. The minimum Gasteiger partial charge on any atom is -0.481 e. The van der Waals surface area contributed by atoms with E-state index in [9.17, 15) is 22.8 Å². The summed E-state index contributed by atoms with van der Waals surface area (Å²) < 4.78 is 24.2. The smallest absolute Gasteiger partial charge is 0.321 e. The number of carbonyl (C=O) groups is 3. The van der Waals surface area contributed by atoms with Crippen molar-refractivity contribution in [2.75, 3.05) is 12.8 Å². The Morgan fingerprint density at radius 3 is 2.25 bits per heavy atom. The topological polar surface area (TPSA) is 130 Å². The number of rotatable bonds is 6. The molecule has 20 heavy (non-hydrogen) atoms. The summed E-state index contributed by atoms with van der Waals surface area (Å²) in [5, 5.41) is 11.4. The number of hydrogen-bond acceptors (Lipinski definition) is 5. The molecule has 1 rings (SSSR count). The lowest BCUT2D eigenvalue weighted by Gasteiger charge is -2.17. The van der Waals surface area contributed by atoms with Gasteiger partial charge in [-0.3, -0.25) is 14.9 Å². The molecule has 114 valence electrons. The van der Waals surface area contributed by atoms with Gasteiger partial charge in [-0.25, -0.2) is 13.2 Å². The van der Waals surface area contributed by atoms with Crippen molar-refractivity contribution >= 4 is 27.7 Å². The molecule has 0 radical (unpaired) electrons. The molecular weight excluding hydrogens is 288 g/mol. The summed E-state index contributed by atoms with van der Waals surface area (Å²) in [5.41, 5.74) is -0.758. The molecule has 0 heterocycles. The Labute approximate surface area is 116 Å². The second-order valence-electron chi connectivity index (χ2n) is 5.09. The molecule has 1 aliphatic carbocycles. The number of carboxylic acid groups (broad SMARTS) is 1. The van der Waals surface area contributed by atoms with Crippen LogP contribution in [-0.4, -0.2) is 49.5 Å². The van der Waals surface area contributed by atoms with Crippen LogP contribution in [0.25, 0.3) is 0 Å². The van der Waals surface area contributed by atoms with Gasteiger partial charge in [0.15, 0.2) is 9.84 Å². The third-order valence-corrected chi connectivity index (χ3v) is 5.67. The van der Waals surface area contributed by atoms with Gasteiger partial charge < -0.3 is 10.4 Å². The third kappa shape index (κ3) is 4.19. The summed E-state index contributed by atoms with van der Waals surface area (Å²) in [6.45, 7) is 1.18. The number of carbonyl (C=O) groups excluding carboxylic acids is 2. The van der Waals surface area contributed by atoms with Gasteiger partial charge >= 0.3 is 12.0 Å². The quantitative estimate of drug-likeness (QED) is 0.606. The van der Waals surface area contributed by atoms with Crippen molar-refractivity contribution in [3.05, 3.63) is 0 Å². The zero-order valence-electron chi connectivity index (χ0n) is 11.3. The summed E-state index contributed by atoms with van der Waals surface area (Å²) in [6.07, 6.45) is 0.806. The van der Waals surface area contributed by atoms with Crippen LogP contribution < -0.4 is 10.6 Å². The van der Waals surface area contributed by atoms with Crippen LogP contribution in [-0.2, 0) is 19.4 Å². The number of urea groups is 1. The number of nitrogens with one attached hydrogen (secondary N) is 2. The Balaban J connectivity index is 2.71. The second kappa shape index (κ2) is 5.78. The molecule has 1 aliphatic rings. The average Bonchev–Trinajstić information content (AvgIpc) is 3.05. The standard InChI is InChI=1S/C11H18N2O6S/c1-7(9(16)13-10(17)12-2)20(18,19)6-11(3-4-11)5-8(14)15/h7H,3-6H2,1-2H3,(H,14,15)(H2,12,13,16,17). The first-order valence-electron chi connectivity index (χ1n) is 6.08. The Morgan fingerprint density at radius 2 is 1.85 bits per heavy atom. The first kappa shape index (κ1) is 16.4. The highest BCUT2D eigenvalue weighted by Crippen LogP contribution is 2.50. The summed E-state index contributed by atoms with van der Waals surface area (Å²) in [7, 11) is -2.51. The number of amides is 3. The van der Waals surface area contributed by atoms with Crippen LogP contribution in [0, 0.1) is 5.41 Å². The summed E-state index contributed by atoms with van der Waals surface area (Å²) >= 11 is 0. The largest absolute Gasteiger partial charge is 0.481 e. The van der Waals surface area contributed by atoms with E-state index in [-0.39, 0.29) is 12.2 Å². The number of imide groups is 1. The molecule has 3 N–H and O–H groups in total. The highest BCUT2D eigenvalue weighted by molar-refractivity contribution is 7.92. The van der Waals surface area contributed by atoms with E-state index in [2.05, 4.69) is 5.32 Å². The molecule has 1 atom stereocenters. The maximum absolute atomic E-state index is 12.1. The molecule has 3 amide bonds. The van der Waals surface area contributed by atoms with Crippen LogP contribution >= 0.6 is 0 Å². The van der Waals surface area contributed by atoms with E-state index < -0.39 is 38.4 Å². The van der Waals surface area contributed by atoms with Crippen molar-refractivity contribution in [3.63, 3.8) is 0 Å². The van der Waals surface area contributed by atoms with Crippen molar-refractivity contribution < 1.29 is 27.9 Å². The zero-order valence-corrected chi connectivity index (χ0v) is 12.1. The molecule has 0 spiro atoms. The minimum atomic E-state index is -3.81. The lowest BCUT2D eigenvalue weighted by atomic mass is 10.1. The fourth-order valence-corrected chi connectivity index (χ4v) is 3.74. The molecular formula is C11H18N2O6S. The van der Waals surface area contributed by atoms with E-state index in [0.29, 0.717) is 12.8 Å². The molecule has 1 unspecified atom stereocenters. The summed E-state index contributed by atoms with van der Waals surface area (Å²) in [4.78, 5) is 33.3. The maximum Gasteiger partial charge on any atom is 0.321 e.